The van der Waals surface area contributed by atoms with Crippen LogP contribution in [0.2, 0.25) is 0 Å². The fourth-order valence-corrected chi connectivity index (χ4v) is 5.11. The molecule has 0 saturated carbocycles. The van der Waals surface area contributed by atoms with Crippen LogP contribution in [0, 0.1) is 0 Å². The molecule has 13 nitrogen and oxygen atoms in total. The van der Waals surface area contributed by atoms with Gasteiger partial charge in [-0.1, -0.05) is 42.5 Å². The highest BCUT2D eigenvalue weighted by Gasteiger charge is 2.33. The Bertz CT molecular complexity index is 1500. The first kappa shape index (κ1) is 42.5. The van der Waals surface area contributed by atoms with Gasteiger partial charge in [-0.15, -0.1) is 0 Å². The van der Waals surface area contributed by atoms with E-state index in [4.69, 9.17) is 4.74 Å². The van der Waals surface area contributed by atoms with Gasteiger partial charge in [0.25, 0.3) is 0 Å². The standard InChI is InChI=1S/C34H45F3N4O9S/c1-33(2,3)50-32(47)40-26(19-23-11-13-24(42)14-12-23)30(45)38-25(16-18-51(5)48)29(44)39-27(20-22-9-7-6-8-10-22)31(46)41(4)17-15-28(43)49-21-34(35,36)37/h6-14,25-27,42H,15-21H2,1-5H3,(H,38,45)(H,39,44)(H,40,47)/t25-,26+,27+,51?/m1/s1. The molecule has 51 heavy (non-hydrogen) atoms. The number of ether oxygens (including phenoxy) is 2. The molecule has 17 heteroatoms. The number of alkyl carbamates (subject to hydrolysis) is 1. The van der Waals surface area contributed by atoms with Crippen LogP contribution >= 0.6 is 0 Å². The van der Waals surface area contributed by atoms with Gasteiger partial charge in [0.15, 0.2) is 6.61 Å². The molecular weight excluding hydrogens is 697 g/mol. The zero-order chi connectivity index (χ0) is 38.4. The highest BCUT2D eigenvalue weighted by atomic mass is 32.2. The monoisotopic (exact) mass is 742 g/mol. The van der Waals surface area contributed by atoms with Gasteiger partial charge < -0.3 is 35.4 Å². The second kappa shape index (κ2) is 19.7. The summed E-state index contributed by atoms with van der Waals surface area (Å²) < 4.78 is 58.9. The molecule has 1 unspecified atom stereocenters. The molecule has 0 spiro atoms. The number of nitrogens with one attached hydrogen (secondary N) is 3. The van der Waals surface area contributed by atoms with Crippen molar-refractivity contribution in [2.75, 3.05) is 32.2 Å². The number of phenols is 1. The maximum Gasteiger partial charge on any atom is 0.422 e. The van der Waals surface area contributed by atoms with E-state index in [1.54, 1.807) is 63.2 Å². The van der Waals surface area contributed by atoms with Crippen molar-refractivity contribution in [3.63, 3.8) is 0 Å². The summed E-state index contributed by atoms with van der Waals surface area (Å²) >= 11 is 0. The summed E-state index contributed by atoms with van der Waals surface area (Å²) in [6.07, 6.45) is -4.97. The zero-order valence-electron chi connectivity index (χ0n) is 29.1. The van der Waals surface area contributed by atoms with Gasteiger partial charge in [-0.2, -0.15) is 13.2 Å². The molecule has 2 aromatic rings. The van der Waals surface area contributed by atoms with Gasteiger partial charge in [0, 0.05) is 49.2 Å². The maximum atomic E-state index is 13.8. The van der Waals surface area contributed by atoms with Crippen LogP contribution in [-0.4, -0.2) is 106 Å². The number of alkyl halides is 3. The van der Waals surface area contributed by atoms with Gasteiger partial charge in [-0.3, -0.25) is 23.4 Å². The molecule has 282 valence electrons. The minimum absolute atomic E-state index is 0.0161. The second-order valence-corrected chi connectivity index (χ2v) is 14.3. The summed E-state index contributed by atoms with van der Waals surface area (Å²) in [4.78, 5) is 66.6. The number of esters is 1. The van der Waals surface area contributed by atoms with Crippen LogP contribution in [0.25, 0.3) is 0 Å². The third kappa shape index (κ3) is 17.2. The van der Waals surface area contributed by atoms with E-state index in [1.807, 2.05) is 0 Å². The Morgan fingerprint density at radius 1 is 0.843 bits per heavy atom. The van der Waals surface area contributed by atoms with Gasteiger partial charge in [-0.25, -0.2) is 4.79 Å². The number of phenolic OH excluding ortho intramolecular Hbond substituents is 1. The number of aromatic hydroxyl groups is 1. The molecule has 0 aliphatic carbocycles. The summed E-state index contributed by atoms with van der Waals surface area (Å²) in [7, 11) is -0.0869. The Hall–Kier alpha value is -4.67. The Kier molecular flexibility index (Phi) is 16.4. The Morgan fingerprint density at radius 3 is 1.96 bits per heavy atom. The number of amides is 4. The molecular formula is C34H45F3N4O9S. The second-order valence-electron chi connectivity index (χ2n) is 12.7. The molecule has 2 rings (SSSR count). The predicted molar refractivity (Wildman–Crippen MR) is 182 cm³/mol. The summed E-state index contributed by atoms with van der Waals surface area (Å²) in [6.45, 7) is 2.82. The Labute approximate surface area is 297 Å². The highest BCUT2D eigenvalue weighted by molar-refractivity contribution is 7.84. The quantitative estimate of drug-likeness (QED) is 0.177. The normalized spacial score (nSPS) is 13.9. The van der Waals surface area contributed by atoms with Crippen LogP contribution in [-0.2, 0) is 52.3 Å². The van der Waals surface area contributed by atoms with Gasteiger partial charge in [0.2, 0.25) is 17.7 Å². The van der Waals surface area contributed by atoms with E-state index in [0.29, 0.717) is 11.1 Å². The first-order valence-electron chi connectivity index (χ1n) is 15.9. The van der Waals surface area contributed by atoms with Crippen molar-refractivity contribution in [2.45, 2.75) is 76.4 Å². The molecule has 0 bridgehead atoms. The lowest BCUT2D eigenvalue weighted by Gasteiger charge is -2.28. The van der Waals surface area contributed by atoms with Crippen LogP contribution in [0.15, 0.2) is 54.6 Å². The first-order valence-corrected chi connectivity index (χ1v) is 17.6. The lowest BCUT2D eigenvalue weighted by atomic mass is 10.0. The van der Waals surface area contributed by atoms with E-state index in [-0.39, 0.29) is 37.3 Å². The molecule has 0 heterocycles. The summed E-state index contributed by atoms with van der Waals surface area (Å²) in [5.74, 6) is -3.50. The molecule has 4 amide bonds. The molecule has 2 aromatic carbocycles. The third-order valence-corrected chi connectivity index (χ3v) is 7.84. The van der Waals surface area contributed by atoms with E-state index in [0.717, 1.165) is 4.90 Å². The van der Waals surface area contributed by atoms with Crippen molar-refractivity contribution >= 4 is 40.6 Å². The number of hydrogen-bond donors (Lipinski definition) is 4. The molecule has 4 N–H and O–H groups in total. The van der Waals surface area contributed by atoms with E-state index in [1.165, 1.54) is 25.4 Å². The van der Waals surface area contributed by atoms with E-state index < -0.39 is 83.5 Å². The number of carbonyl (C=O) groups excluding carboxylic acids is 5. The summed E-state index contributed by atoms with van der Waals surface area (Å²) in [6, 6.07) is 10.6. The average molecular weight is 743 g/mol. The van der Waals surface area contributed by atoms with Crippen LogP contribution in [0.5, 0.6) is 5.75 Å². The topological polar surface area (TPSA) is 180 Å². The average Bonchev–Trinajstić information content (AvgIpc) is 3.03. The van der Waals surface area contributed by atoms with E-state index in [2.05, 4.69) is 20.7 Å². The number of benzene rings is 2. The summed E-state index contributed by atoms with van der Waals surface area (Å²) in [5, 5.41) is 17.4. The number of hydrogen-bond acceptors (Lipinski definition) is 9. The number of likely N-dealkylation sites (N-methyl/N-ethyl adjacent to an activating group) is 1. The van der Waals surface area contributed by atoms with Crippen LogP contribution in [0.3, 0.4) is 0 Å². The largest absolute Gasteiger partial charge is 0.508 e. The Balaban J connectivity index is 2.31. The van der Waals surface area contributed by atoms with Crippen molar-refractivity contribution < 1.29 is 55.9 Å². The van der Waals surface area contributed by atoms with Crippen LogP contribution in [0.4, 0.5) is 18.0 Å². The number of rotatable bonds is 17. The molecule has 0 radical (unpaired) electrons. The minimum atomic E-state index is -4.71. The van der Waals surface area contributed by atoms with E-state index in [9.17, 15) is 46.5 Å². The van der Waals surface area contributed by atoms with E-state index >= 15 is 0 Å². The summed E-state index contributed by atoms with van der Waals surface area (Å²) in [5.41, 5.74) is 0.298. The SMILES string of the molecule is CN(CCC(=O)OCC(F)(F)F)C(=O)[C@H](Cc1ccccc1)NC(=O)[C@@H](CCS(C)=O)NC(=O)[C@H](Cc1ccc(O)cc1)NC(=O)OC(C)(C)C. The fourth-order valence-electron chi connectivity index (χ4n) is 4.54. The molecule has 0 saturated heterocycles. The van der Waals surface area contributed by atoms with Crippen LogP contribution in [0.1, 0.15) is 44.7 Å². The van der Waals surface area contributed by atoms with Gasteiger partial charge >= 0.3 is 18.2 Å². The lowest BCUT2D eigenvalue weighted by molar-refractivity contribution is -0.186. The molecule has 0 aliphatic rings. The third-order valence-electron chi connectivity index (χ3n) is 7.03. The first-order chi connectivity index (χ1) is 23.7. The van der Waals surface area contributed by atoms with Crippen molar-refractivity contribution in [1.29, 1.82) is 0 Å². The number of halogens is 3. The lowest BCUT2D eigenvalue weighted by Crippen LogP contribution is -2.58. The van der Waals surface area contributed by atoms with Crippen molar-refractivity contribution in [1.82, 2.24) is 20.9 Å². The number of carbonyl (C=O) groups is 5. The Morgan fingerprint density at radius 2 is 1.39 bits per heavy atom. The van der Waals surface area contributed by atoms with Gasteiger partial charge in [0.05, 0.1) is 6.42 Å². The fraction of sp³-hybridized carbons (Fsp3) is 0.500. The van der Waals surface area contributed by atoms with Gasteiger partial charge in [0.1, 0.15) is 29.5 Å². The van der Waals surface area contributed by atoms with Gasteiger partial charge in [-0.05, 0) is 50.5 Å². The van der Waals surface area contributed by atoms with Crippen LogP contribution < -0.4 is 16.0 Å². The molecule has 4 atom stereocenters. The maximum absolute atomic E-state index is 13.8. The molecule has 0 aliphatic heterocycles. The van der Waals surface area contributed by atoms with Crippen molar-refractivity contribution in [3.8, 4) is 5.75 Å². The number of nitrogens with zero attached hydrogens (tertiary/aromatic N) is 1. The predicted octanol–water partition coefficient (Wildman–Crippen LogP) is 2.76. The minimum Gasteiger partial charge on any atom is -0.508 e. The van der Waals surface area contributed by atoms with Crippen molar-refractivity contribution in [3.05, 3.63) is 65.7 Å². The smallest absolute Gasteiger partial charge is 0.422 e. The van der Waals surface area contributed by atoms with Crippen molar-refractivity contribution in [2.24, 2.45) is 0 Å². The highest BCUT2D eigenvalue weighted by Crippen LogP contribution is 2.16. The zero-order valence-corrected chi connectivity index (χ0v) is 29.9. The molecule has 0 aromatic heterocycles. The molecule has 0 fully saturated rings.